The van der Waals surface area contributed by atoms with Gasteiger partial charge in [0.25, 0.3) is 0 Å². The smallest absolute Gasteiger partial charge is 0.221 e. The molecule has 82 valence electrons. The van der Waals surface area contributed by atoms with Gasteiger partial charge in [-0.1, -0.05) is 0 Å². The summed E-state index contributed by atoms with van der Waals surface area (Å²) in [5, 5.41) is 5.80. The third kappa shape index (κ3) is 3.84. The predicted molar refractivity (Wildman–Crippen MR) is 60.4 cm³/mol. The standard InChI is InChI=1S/C10H16N4O/c1-2-13-10(15)4-6-14-9-3-5-12-7-8(9)11/h3,5,7H,2,4,6,11H2,1H3,(H,12,14)(H,13,15). The van der Waals surface area contributed by atoms with Crippen molar-refractivity contribution in [2.45, 2.75) is 13.3 Å². The summed E-state index contributed by atoms with van der Waals surface area (Å²) in [7, 11) is 0. The Balaban J connectivity index is 2.32. The molecule has 1 rings (SSSR count). The highest BCUT2D eigenvalue weighted by atomic mass is 16.1. The summed E-state index contributed by atoms with van der Waals surface area (Å²) >= 11 is 0. The number of hydrogen-bond acceptors (Lipinski definition) is 4. The Labute approximate surface area is 89.1 Å². The van der Waals surface area contributed by atoms with E-state index in [9.17, 15) is 4.79 Å². The number of carbonyl (C=O) groups excluding carboxylic acids is 1. The monoisotopic (exact) mass is 208 g/mol. The van der Waals surface area contributed by atoms with Gasteiger partial charge >= 0.3 is 0 Å². The van der Waals surface area contributed by atoms with Gasteiger partial charge in [-0.15, -0.1) is 0 Å². The molecule has 0 saturated heterocycles. The van der Waals surface area contributed by atoms with Crippen molar-refractivity contribution in [3.63, 3.8) is 0 Å². The Hall–Kier alpha value is -1.78. The molecule has 0 fully saturated rings. The van der Waals surface area contributed by atoms with Gasteiger partial charge in [0.05, 0.1) is 17.6 Å². The van der Waals surface area contributed by atoms with Crippen molar-refractivity contribution in [1.82, 2.24) is 10.3 Å². The number of hydrogen-bond donors (Lipinski definition) is 3. The third-order valence-corrected chi connectivity index (χ3v) is 1.89. The molecule has 1 amide bonds. The second kappa shape index (κ2) is 5.85. The number of nitrogens with zero attached hydrogens (tertiary/aromatic N) is 1. The van der Waals surface area contributed by atoms with Crippen LogP contribution in [-0.2, 0) is 4.79 Å². The minimum atomic E-state index is 0.0395. The largest absolute Gasteiger partial charge is 0.396 e. The number of amides is 1. The molecular formula is C10H16N4O. The van der Waals surface area contributed by atoms with E-state index in [0.717, 1.165) is 5.69 Å². The van der Waals surface area contributed by atoms with Crippen molar-refractivity contribution < 1.29 is 4.79 Å². The molecule has 0 unspecified atom stereocenters. The zero-order chi connectivity index (χ0) is 11.1. The summed E-state index contributed by atoms with van der Waals surface area (Å²) in [6.45, 7) is 3.13. The molecule has 0 radical (unpaired) electrons. The maximum atomic E-state index is 11.1. The van der Waals surface area contributed by atoms with Crippen LogP contribution < -0.4 is 16.4 Å². The Morgan fingerprint density at radius 1 is 1.60 bits per heavy atom. The first-order chi connectivity index (χ1) is 7.24. The highest BCUT2D eigenvalue weighted by molar-refractivity contribution is 5.76. The maximum absolute atomic E-state index is 11.1. The SMILES string of the molecule is CCNC(=O)CCNc1ccncc1N. The molecule has 4 N–H and O–H groups in total. The first-order valence-electron chi connectivity index (χ1n) is 4.94. The molecule has 15 heavy (non-hydrogen) atoms. The lowest BCUT2D eigenvalue weighted by atomic mass is 10.3. The summed E-state index contributed by atoms with van der Waals surface area (Å²) in [4.78, 5) is 15.0. The quantitative estimate of drug-likeness (QED) is 0.662. The summed E-state index contributed by atoms with van der Waals surface area (Å²) in [5.74, 6) is 0.0395. The molecule has 0 aliphatic rings. The summed E-state index contributed by atoms with van der Waals surface area (Å²) in [6.07, 6.45) is 3.68. The van der Waals surface area contributed by atoms with Crippen LogP contribution >= 0.6 is 0 Å². The van der Waals surface area contributed by atoms with Gasteiger partial charge in [-0.25, -0.2) is 0 Å². The Morgan fingerprint density at radius 3 is 3.07 bits per heavy atom. The van der Waals surface area contributed by atoms with E-state index in [0.29, 0.717) is 25.2 Å². The fourth-order valence-corrected chi connectivity index (χ4v) is 1.16. The second-order valence-corrected chi connectivity index (χ2v) is 3.09. The summed E-state index contributed by atoms with van der Waals surface area (Å²) < 4.78 is 0. The van der Waals surface area contributed by atoms with Gasteiger partial charge < -0.3 is 16.4 Å². The van der Waals surface area contributed by atoms with E-state index >= 15 is 0 Å². The highest BCUT2D eigenvalue weighted by Gasteiger charge is 2.00. The fraction of sp³-hybridized carbons (Fsp3) is 0.400. The van der Waals surface area contributed by atoms with E-state index in [1.54, 1.807) is 18.5 Å². The van der Waals surface area contributed by atoms with Crippen LogP contribution in [0, 0.1) is 0 Å². The molecule has 0 bridgehead atoms. The van der Waals surface area contributed by atoms with E-state index in [-0.39, 0.29) is 5.91 Å². The minimum absolute atomic E-state index is 0.0395. The van der Waals surface area contributed by atoms with E-state index in [1.165, 1.54) is 0 Å². The molecule has 0 atom stereocenters. The maximum Gasteiger partial charge on any atom is 0.221 e. The Bertz CT molecular complexity index is 327. The van der Waals surface area contributed by atoms with Crippen LogP contribution in [0.4, 0.5) is 11.4 Å². The van der Waals surface area contributed by atoms with Crippen LogP contribution in [0.25, 0.3) is 0 Å². The van der Waals surface area contributed by atoms with Crippen LogP contribution in [0.3, 0.4) is 0 Å². The van der Waals surface area contributed by atoms with Crippen molar-refractivity contribution in [2.75, 3.05) is 24.1 Å². The van der Waals surface area contributed by atoms with E-state index < -0.39 is 0 Å². The third-order valence-electron chi connectivity index (χ3n) is 1.89. The number of anilines is 2. The number of carbonyl (C=O) groups is 1. The topological polar surface area (TPSA) is 80.0 Å². The zero-order valence-corrected chi connectivity index (χ0v) is 8.79. The van der Waals surface area contributed by atoms with Crippen molar-refractivity contribution in [2.24, 2.45) is 0 Å². The van der Waals surface area contributed by atoms with Crippen molar-refractivity contribution in [3.05, 3.63) is 18.5 Å². The molecular weight excluding hydrogens is 192 g/mol. The summed E-state index contributed by atoms with van der Waals surface area (Å²) in [5.41, 5.74) is 7.08. The van der Waals surface area contributed by atoms with Crippen LogP contribution in [0.15, 0.2) is 18.5 Å². The first kappa shape index (κ1) is 11.3. The number of pyridine rings is 1. The number of nitrogens with two attached hydrogens (primary N) is 1. The van der Waals surface area contributed by atoms with E-state index in [1.807, 2.05) is 6.92 Å². The average Bonchev–Trinajstić information content (AvgIpc) is 2.21. The van der Waals surface area contributed by atoms with Gasteiger partial charge in [-0.05, 0) is 13.0 Å². The van der Waals surface area contributed by atoms with Gasteiger partial charge in [0, 0.05) is 25.7 Å². The predicted octanol–water partition coefficient (Wildman–Crippen LogP) is 0.602. The van der Waals surface area contributed by atoms with Gasteiger partial charge in [0.2, 0.25) is 5.91 Å². The Morgan fingerprint density at radius 2 is 2.40 bits per heavy atom. The second-order valence-electron chi connectivity index (χ2n) is 3.09. The fourth-order valence-electron chi connectivity index (χ4n) is 1.16. The lowest BCUT2D eigenvalue weighted by Gasteiger charge is -2.08. The minimum Gasteiger partial charge on any atom is -0.396 e. The zero-order valence-electron chi connectivity index (χ0n) is 8.79. The number of nitrogen functional groups attached to an aromatic ring is 1. The molecule has 0 saturated carbocycles. The Kier molecular flexibility index (Phi) is 4.40. The van der Waals surface area contributed by atoms with Crippen molar-refractivity contribution in [3.8, 4) is 0 Å². The van der Waals surface area contributed by atoms with Gasteiger partial charge in [0.1, 0.15) is 0 Å². The molecule has 1 aromatic heterocycles. The van der Waals surface area contributed by atoms with Crippen LogP contribution in [0.5, 0.6) is 0 Å². The lowest BCUT2D eigenvalue weighted by molar-refractivity contribution is -0.120. The highest BCUT2D eigenvalue weighted by Crippen LogP contribution is 2.14. The van der Waals surface area contributed by atoms with E-state index in [4.69, 9.17) is 5.73 Å². The average molecular weight is 208 g/mol. The van der Waals surface area contributed by atoms with Crippen LogP contribution in [0.1, 0.15) is 13.3 Å². The normalized spacial score (nSPS) is 9.67. The molecule has 5 nitrogen and oxygen atoms in total. The van der Waals surface area contributed by atoms with Gasteiger partial charge in [-0.2, -0.15) is 0 Å². The molecule has 1 heterocycles. The molecule has 0 aliphatic carbocycles. The molecule has 0 spiro atoms. The van der Waals surface area contributed by atoms with E-state index in [2.05, 4.69) is 15.6 Å². The molecule has 1 aromatic rings. The number of aromatic nitrogens is 1. The number of rotatable bonds is 5. The number of nitrogens with one attached hydrogen (secondary N) is 2. The molecule has 0 aromatic carbocycles. The lowest BCUT2D eigenvalue weighted by Crippen LogP contribution is -2.24. The van der Waals surface area contributed by atoms with Crippen molar-refractivity contribution >= 4 is 17.3 Å². The van der Waals surface area contributed by atoms with Crippen molar-refractivity contribution in [1.29, 1.82) is 0 Å². The van der Waals surface area contributed by atoms with Crippen LogP contribution in [0.2, 0.25) is 0 Å². The molecule has 0 aliphatic heterocycles. The summed E-state index contributed by atoms with van der Waals surface area (Å²) in [6, 6.07) is 1.78. The van der Waals surface area contributed by atoms with Gasteiger partial charge in [-0.3, -0.25) is 9.78 Å². The van der Waals surface area contributed by atoms with Gasteiger partial charge in [0.15, 0.2) is 0 Å². The first-order valence-corrected chi connectivity index (χ1v) is 4.94. The molecule has 5 heteroatoms. The van der Waals surface area contributed by atoms with Crippen LogP contribution in [-0.4, -0.2) is 24.0 Å².